The molecule has 0 radical (unpaired) electrons. The molecule has 1 aliphatic heterocycles. The third kappa shape index (κ3) is 7.76. The highest BCUT2D eigenvalue weighted by atomic mass is 16.6. The first-order valence-corrected chi connectivity index (χ1v) is 9.75. The van der Waals surface area contributed by atoms with E-state index in [1.165, 1.54) is 4.90 Å². The molecule has 2 atom stereocenters. The Labute approximate surface area is 167 Å². The van der Waals surface area contributed by atoms with E-state index in [-0.39, 0.29) is 12.5 Å². The summed E-state index contributed by atoms with van der Waals surface area (Å²) in [5.41, 5.74) is 0.285. The molecule has 0 unspecified atom stereocenters. The molecule has 1 aromatic carbocycles. The molecule has 7 nitrogen and oxygen atoms in total. The van der Waals surface area contributed by atoms with Crippen LogP contribution in [0.15, 0.2) is 30.3 Å². The summed E-state index contributed by atoms with van der Waals surface area (Å²) in [4.78, 5) is 26.2. The van der Waals surface area contributed by atoms with Crippen molar-refractivity contribution >= 4 is 12.2 Å². The van der Waals surface area contributed by atoms with Crippen LogP contribution in [0.2, 0.25) is 0 Å². The van der Waals surface area contributed by atoms with Gasteiger partial charge in [-0.25, -0.2) is 9.59 Å². The third-order valence-electron chi connectivity index (χ3n) is 4.46. The van der Waals surface area contributed by atoms with Gasteiger partial charge in [-0.15, -0.1) is 0 Å². The molecule has 2 rings (SSSR count). The van der Waals surface area contributed by atoms with Crippen molar-refractivity contribution in [1.82, 2.24) is 10.2 Å². The summed E-state index contributed by atoms with van der Waals surface area (Å²) < 4.78 is 16.3. The maximum atomic E-state index is 12.5. The highest BCUT2D eigenvalue weighted by Gasteiger charge is 2.29. The summed E-state index contributed by atoms with van der Waals surface area (Å²) in [5, 5.41) is 2.81. The van der Waals surface area contributed by atoms with E-state index < -0.39 is 24.0 Å². The lowest BCUT2D eigenvalue weighted by Crippen LogP contribution is -2.51. The van der Waals surface area contributed by atoms with E-state index in [2.05, 4.69) is 5.32 Å². The number of hydrogen-bond donors (Lipinski definition) is 1. The molecule has 1 aliphatic rings. The monoisotopic (exact) mass is 392 g/mol. The SMILES string of the molecule is CN(C(=O)OC(C)(C)C)[C@@H](C[C@H]1CCCOC1)NC(=O)OCc1ccccc1. The molecule has 1 fully saturated rings. The predicted molar refractivity (Wildman–Crippen MR) is 106 cm³/mol. The fourth-order valence-electron chi connectivity index (χ4n) is 2.98. The highest BCUT2D eigenvalue weighted by Crippen LogP contribution is 2.21. The average Bonchev–Trinajstić information content (AvgIpc) is 2.65. The lowest BCUT2D eigenvalue weighted by Gasteiger charge is -2.34. The van der Waals surface area contributed by atoms with Crippen LogP contribution >= 0.6 is 0 Å². The standard InChI is InChI=1S/C21H32N2O5/c1-21(2,3)28-20(25)23(4)18(13-17-11-8-12-26-14-17)22-19(24)27-15-16-9-6-5-7-10-16/h5-7,9-10,17-18H,8,11-15H2,1-4H3,(H,22,24)/t17-,18+/m1/s1. The van der Waals surface area contributed by atoms with Crippen molar-refractivity contribution in [2.75, 3.05) is 20.3 Å². The van der Waals surface area contributed by atoms with E-state index in [9.17, 15) is 9.59 Å². The molecule has 0 aromatic heterocycles. The summed E-state index contributed by atoms with van der Waals surface area (Å²) in [5.74, 6) is 0.262. The number of nitrogens with zero attached hydrogens (tertiary/aromatic N) is 1. The van der Waals surface area contributed by atoms with Crippen LogP contribution in [0.4, 0.5) is 9.59 Å². The van der Waals surface area contributed by atoms with Gasteiger partial charge in [0, 0.05) is 20.3 Å². The number of rotatable bonds is 6. The minimum absolute atomic E-state index is 0.169. The number of alkyl carbamates (subject to hydrolysis) is 1. The maximum Gasteiger partial charge on any atom is 0.411 e. The van der Waals surface area contributed by atoms with Gasteiger partial charge in [0.25, 0.3) is 0 Å². The van der Waals surface area contributed by atoms with Crippen LogP contribution in [0, 0.1) is 5.92 Å². The van der Waals surface area contributed by atoms with Crippen molar-refractivity contribution < 1.29 is 23.8 Å². The van der Waals surface area contributed by atoms with Gasteiger partial charge in [-0.3, -0.25) is 4.90 Å². The van der Waals surface area contributed by atoms with E-state index >= 15 is 0 Å². The largest absolute Gasteiger partial charge is 0.445 e. The maximum absolute atomic E-state index is 12.5. The second kappa shape index (κ2) is 10.3. The van der Waals surface area contributed by atoms with Gasteiger partial charge < -0.3 is 19.5 Å². The fraction of sp³-hybridized carbons (Fsp3) is 0.619. The van der Waals surface area contributed by atoms with Gasteiger partial charge in [0.2, 0.25) is 0 Å². The third-order valence-corrected chi connectivity index (χ3v) is 4.46. The molecule has 28 heavy (non-hydrogen) atoms. The van der Waals surface area contributed by atoms with Crippen LogP contribution < -0.4 is 5.32 Å². The molecule has 156 valence electrons. The second-order valence-corrected chi connectivity index (χ2v) is 8.13. The van der Waals surface area contributed by atoms with Crippen molar-refractivity contribution in [3.05, 3.63) is 35.9 Å². The van der Waals surface area contributed by atoms with E-state index in [1.54, 1.807) is 7.05 Å². The lowest BCUT2D eigenvalue weighted by atomic mass is 9.96. The number of ether oxygens (including phenoxy) is 3. The van der Waals surface area contributed by atoms with E-state index in [0.29, 0.717) is 13.0 Å². The smallest absolute Gasteiger partial charge is 0.411 e. The van der Waals surface area contributed by atoms with Crippen LogP contribution in [-0.4, -0.2) is 49.1 Å². The molecule has 1 saturated heterocycles. The van der Waals surface area contributed by atoms with E-state index in [4.69, 9.17) is 14.2 Å². The molecule has 0 bridgehead atoms. The van der Waals surface area contributed by atoms with Crippen molar-refractivity contribution in [3.8, 4) is 0 Å². The molecular weight excluding hydrogens is 360 g/mol. The summed E-state index contributed by atoms with van der Waals surface area (Å²) in [6.45, 7) is 6.98. The minimum atomic E-state index is -0.613. The molecule has 2 amide bonds. The number of benzene rings is 1. The number of amides is 2. The van der Waals surface area contributed by atoms with Gasteiger partial charge in [-0.2, -0.15) is 0 Å². The van der Waals surface area contributed by atoms with Gasteiger partial charge in [0.05, 0.1) is 0 Å². The number of hydrogen-bond acceptors (Lipinski definition) is 5. The van der Waals surface area contributed by atoms with Crippen molar-refractivity contribution in [2.45, 2.75) is 58.4 Å². The molecule has 1 heterocycles. The van der Waals surface area contributed by atoms with Gasteiger partial charge in [-0.1, -0.05) is 30.3 Å². The first-order valence-electron chi connectivity index (χ1n) is 9.75. The van der Waals surface area contributed by atoms with Crippen LogP contribution in [0.1, 0.15) is 45.6 Å². The Balaban J connectivity index is 1.97. The Hall–Kier alpha value is -2.28. The number of carbonyl (C=O) groups excluding carboxylic acids is 2. The van der Waals surface area contributed by atoms with Crippen molar-refractivity contribution in [2.24, 2.45) is 5.92 Å². The summed E-state index contributed by atoms with van der Waals surface area (Å²) in [6, 6.07) is 9.45. The zero-order chi connectivity index (χ0) is 20.6. The van der Waals surface area contributed by atoms with E-state index in [1.807, 2.05) is 51.1 Å². The number of nitrogens with one attached hydrogen (secondary N) is 1. The second-order valence-electron chi connectivity index (χ2n) is 8.13. The summed E-state index contributed by atoms with van der Waals surface area (Å²) in [6.07, 6.45) is 0.963. The fourth-order valence-corrected chi connectivity index (χ4v) is 2.98. The topological polar surface area (TPSA) is 77.1 Å². The zero-order valence-corrected chi connectivity index (χ0v) is 17.3. The Morgan fingerprint density at radius 2 is 2.00 bits per heavy atom. The quantitative estimate of drug-likeness (QED) is 0.743. The molecule has 1 N–H and O–H groups in total. The van der Waals surface area contributed by atoms with Crippen molar-refractivity contribution in [1.29, 1.82) is 0 Å². The molecule has 0 saturated carbocycles. The molecule has 0 aliphatic carbocycles. The van der Waals surface area contributed by atoms with Crippen LogP contribution in [0.5, 0.6) is 0 Å². The van der Waals surface area contributed by atoms with Crippen LogP contribution in [-0.2, 0) is 20.8 Å². The number of carbonyl (C=O) groups is 2. The minimum Gasteiger partial charge on any atom is -0.445 e. The van der Waals surface area contributed by atoms with Gasteiger partial charge in [0.15, 0.2) is 0 Å². The molecule has 0 spiro atoms. The van der Waals surface area contributed by atoms with Gasteiger partial charge in [0.1, 0.15) is 18.4 Å². The lowest BCUT2D eigenvalue weighted by molar-refractivity contribution is 0.00643. The summed E-state index contributed by atoms with van der Waals surface area (Å²) in [7, 11) is 1.62. The van der Waals surface area contributed by atoms with Gasteiger partial charge >= 0.3 is 12.2 Å². The first-order chi connectivity index (χ1) is 13.2. The van der Waals surface area contributed by atoms with Crippen molar-refractivity contribution in [3.63, 3.8) is 0 Å². The Morgan fingerprint density at radius 1 is 1.29 bits per heavy atom. The Kier molecular flexibility index (Phi) is 8.11. The van der Waals surface area contributed by atoms with E-state index in [0.717, 1.165) is 25.0 Å². The molecule has 7 heteroatoms. The van der Waals surface area contributed by atoms with Crippen LogP contribution in [0.3, 0.4) is 0 Å². The Morgan fingerprint density at radius 3 is 2.61 bits per heavy atom. The average molecular weight is 392 g/mol. The van der Waals surface area contributed by atoms with Gasteiger partial charge in [-0.05, 0) is 51.5 Å². The highest BCUT2D eigenvalue weighted by molar-refractivity contribution is 5.71. The van der Waals surface area contributed by atoms with Crippen LogP contribution in [0.25, 0.3) is 0 Å². The molecule has 1 aromatic rings. The first kappa shape index (κ1) is 22.0. The normalized spacial score (nSPS) is 18.1. The summed E-state index contributed by atoms with van der Waals surface area (Å²) >= 11 is 0. The predicted octanol–water partition coefficient (Wildman–Crippen LogP) is 3.92. The molecular formula is C21H32N2O5. The Bertz CT molecular complexity index is 623. The zero-order valence-electron chi connectivity index (χ0n) is 17.3.